The first-order chi connectivity index (χ1) is 12.0. The highest BCUT2D eigenvalue weighted by molar-refractivity contribution is 5.60. The summed E-state index contributed by atoms with van der Waals surface area (Å²) in [5.74, 6) is 1.39. The van der Waals surface area contributed by atoms with E-state index in [-0.39, 0.29) is 0 Å². The van der Waals surface area contributed by atoms with Gasteiger partial charge in [-0.1, -0.05) is 13.8 Å². The van der Waals surface area contributed by atoms with E-state index in [1.807, 2.05) is 24.3 Å². The average molecular weight is 342 g/mol. The Bertz CT molecular complexity index is 807. The van der Waals surface area contributed by atoms with Crippen LogP contribution < -0.4 is 9.16 Å². The third-order valence-electron chi connectivity index (χ3n) is 4.84. The predicted octanol–water partition coefficient (Wildman–Crippen LogP) is 4.03. The molecule has 2 aromatic rings. The van der Waals surface area contributed by atoms with Crippen LogP contribution in [0.15, 0.2) is 24.3 Å². The first-order valence-corrected chi connectivity index (χ1v) is 9.09. The molecule has 1 aromatic carbocycles. The van der Waals surface area contributed by atoms with E-state index in [1.54, 1.807) is 6.92 Å². The lowest BCUT2D eigenvalue weighted by Crippen LogP contribution is -2.33. The number of nitrogens with zero attached hydrogens (tertiary/aromatic N) is 2. The second-order valence-corrected chi connectivity index (χ2v) is 7.18. The summed E-state index contributed by atoms with van der Waals surface area (Å²) >= 11 is 0. The molecule has 0 amide bonds. The number of hydrogen-bond acceptors (Lipinski definition) is 3. The van der Waals surface area contributed by atoms with Gasteiger partial charge in [0.25, 0.3) is 11.4 Å². The Morgan fingerprint density at radius 2 is 1.88 bits per heavy atom. The normalized spacial score (nSPS) is 13.8. The highest BCUT2D eigenvalue weighted by Crippen LogP contribution is 2.26. The lowest BCUT2D eigenvalue weighted by Gasteiger charge is -2.23. The van der Waals surface area contributed by atoms with Crippen LogP contribution in [0.4, 0.5) is 0 Å². The standard InChI is InChI=1S/C20H26N2O3/c1-14(2)12-13-25-17-10-8-16(9-11-17)20-15(3)21(23)18-6-4-5-7-19(18)22(20)24/h8-11,14H,4-7,12-13H2,1-3H3. The summed E-state index contributed by atoms with van der Waals surface area (Å²) in [5, 5.41) is 12.6. The van der Waals surface area contributed by atoms with Crippen LogP contribution in [0.25, 0.3) is 11.3 Å². The van der Waals surface area contributed by atoms with E-state index in [1.165, 1.54) is 0 Å². The first kappa shape index (κ1) is 17.5. The van der Waals surface area contributed by atoms with Crippen molar-refractivity contribution in [2.45, 2.75) is 52.9 Å². The van der Waals surface area contributed by atoms with Gasteiger partial charge in [0.15, 0.2) is 0 Å². The van der Waals surface area contributed by atoms with Crippen LogP contribution in [0.2, 0.25) is 0 Å². The van der Waals surface area contributed by atoms with E-state index < -0.39 is 0 Å². The van der Waals surface area contributed by atoms with Crippen LogP contribution in [-0.4, -0.2) is 11.3 Å². The minimum Gasteiger partial charge on any atom is -0.805 e. The molecular weight excluding hydrogens is 316 g/mol. The molecule has 0 bridgehead atoms. The zero-order chi connectivity index (χ0) is 18.0. The predicted molar refractivity (Wildman–Crippen MR) is 98.3 cm³/mol. The Morgan fingerprint density at radius 3 is 2.56 bits per heavy atom. The molecule has 1 aliphatic carbocycles. The smallest absolute Gasteiger partial charge is 0.289 e. The van der Waals surface area contributed by atoms with Crippen molar-refractivity contribution in [1.82, 2.24) is 4.73 Å². The van der Waals surface area contributed by atoms with Crippen molar-refractivity contribution in [3.63, 3.8) is 0 Å². The van der Waals surface area contributed by atoms with Gasteiger partial charge in [0.2, 0.25) is 0 Å². The van der Waals surface area contributed by atoms with Gasteiger partial charge in [0.05, 0.1) is 28.0 Å². The Balaban J connectivity index is 1.92. The van der Waals surface area contributed by atoms with Crippen LogP contribution in [-0.2, 0) is 12.8 Å². The van der Waals surface area contributed by atoms with E-state index in [0.29, 0.717) is 48.1 Å². The number of fused-ring (bicyclic) bond motifs is 1. The maximum Gasteiger partial charge on any atom is 0.289 e. The minimum atomic E-state index is 0.449. The van der Waals surface area contributed by atoms with Crippen LogP contribution in [0, 0.1) is 23.0 Å². The van der Waals surface area contributed by atoms with Gasteiger partial charge in [-0.15, -0.1) is 0 Å². The largest absolute Gasteiger partial charge is 0.805 e. The third kappa shape index (κ3) is 3.55. The van der Waals surface area contributed by atoms with Gasteiger partial charge in [0, 0.05) is 11.3 Å². The Labute approximate surface area is 148 Å². The molecule has 1 aromatic heterocycles. The molecule has 0 spiro atoms. The molecule has 0 fully saturated rings. The highest BCUT2D eigenvalue weighted by Gasteiger charge is 2.28. The molecule has 1 heterocycles. The van der Waals surface area contributed by atoms with Gasteiger partial charge >= 0.3 is 0 Å². The van der Waals surface area contributed by atoms with Crippen molar-refractivity contribution in [3.8, 4) is 17.0 Å². The van der Waals surface area contributed by atoms with Crippen LogP contribution in [0.5, 0.6) is 5.75 Å². The van der Waals surface area contributed by atoms with Gasteiger partial charge < -0.3 is 14.7 Å². The fourth-order valence-electron chi connectivity index (χ4n) is 3.34. The van der Waals surface area contributed by atoms with Crippen molar-refractivity contribution < 1.29 is 9.16 Å². The monoisotopic (exact) mass is 342 g/mol. The van der Waals surface area contributed by atoms with E-state index in [4.69, 9.17) is 4.74 Å². The second kappa shape index (κ2) is 7.30. The van der Waals surface area contributed by atoms with Gasteiger partial charge in [-0.25, -0.2) is 0 Å². The summed E-state index contributed by atoms with van der Waals surface area (Å²) in [6.45, 7) is 6.72. The number of rotatable bonds is 5. The van der Waals surface area contributed by atoms with Crippen molar-refractivity contribution in [2.75, 3.05) is 6.61 Å². The lowest BCUT2D eigenvalue weighted by atomic mass is 9.99. The summed E-state index contributed by atoms with van der Waals surface area (Å²) in [6.07, 6.45) is 4.29. The van der Waals surface area contributed by atoms with E-state index in [2.05, 4.69) is 13.8 Å². The first-order valence-electron chi connectivity index (χ1n) is 9.09. The quantitative estimate of drug-likeness (QED) is 0.771. The fourth-order valence-corrected chi connectivity index (χ4v) is 3.34. The Kier molecular flexibility index (Phi) is 5.11. The summed E-state index contributed by atoms with van der Waals surface area (Å²) in [4.78, 5) is 12.9. The molecule has 1 aliphatic rings. The van der Waals surface area contributed by atoms with E-state index >= 15 is 0 Å². The molecule has 134 valence electrons. The van der Waals surface area contributed by atoms with Crippen molar-refractivity contribution >= 4 is 0 Å². The maximum atomic E-state index is 12.9. The van der Waals surface area contributed by atoms with Crippen LogP contribution in [0.1, 0.15) is 50.2 Å². The SMILES string of the molecule is Cc1c(-c2ccc(OCCC(C)C)cc2)[n+](=O)c2c(n1[O-])CCCC2. The second-order valence-electron chi connectivity index (χ2n) is 7.18. The molecule has 0 saturated heterocycles. The molecule has 5 nitrogen and oxygen atoms in total. The molecular formula is C20H26N2O3. The zero-order valence-corrected chi connectivity index (χ0v) is 15.2. The topological polar surface area (TPSA) is 60.2 Å². The third-order valence-corrected chi connectivity index (χ3v) is 4.84. The van der Waals surface area contributed by atoms with E-state index in [9.17, 15) is 10.1 Å². The van der Waals surface area contributed by atoms with E-state index in [0.717, 1.165) is 39.7 Å². The zero-order valence-electron chi connectivity index (χ0n) is 15.2. The number of hydrogen-bond donors (Lipinski definition) is 0. The van der Waals surface area contributed by atoms with Crippen molar-refractivity contribution in [3.05, 3.63) is 51.5 Å². The summed E-state index contributed by atoms with van der Waals surface area (Å²) in [7, 11) is 0. The molecule has 0 aliphatic heterocycles. The highest BCUT2D eigenvalue weighted by atomic mass is 16.5. The minimum absolute atomic E-state index is 0.449. The fraction of sp³-hybridized carbons (Fsp3) is 0.500. The van der Waals surface area contributed by atoms with Crippen molar-refractivity contribution in [1.29, 1.82) is 0 Å². The summed E-state index contributed by atoms with van der Waals surface area (Å²) < 4.78 is 7.65. The molecule has 5 heteroatoms. The Hall–Kier alpha value is -2.30. The molecule has 0 radical (unpaired) electrons. The Morgan fingerprint density at radius 1 is 1.20 bits per heavy atom. The van der Waals surface area contributed by atoms with Crippen molar-refractivity contribution in [2.24, 2.45) is 5.92 Å². The number of benzene rings is 1. The molecule has 0 saturated carbocycles. The van der Waals surface area contributed by atoms with Gasteiger partial charge in [-0.2, -0.15) is 0 Å². The van der Waals surface area contributed by atoms with Gasteiger partial charge in [0.1, 0.15) is 5.75 Å². The molecule has 0 unspecified atom stereocenters. The molecule has 0 atom stereocenters. The summed E-state index contributed by atoms with van der Waals surface area (Å²) in [5.41, 5.74) is 2.92. The summed E-state index contributed by atoms with van der Waals surface area (Å²) in [6, 6.07) is 7.45. The molecule has 3 rings (SSSR count). The van der Waals surface area contributed by atoms with Gasteiger partial charge in [-0.3, -0.25) is 0 Å². The molecule has 0 N–H and O–H groups in total. The van der Waals surface area contributed by atoms with Crippen LogP contribution >= 0.6 is 0 Å². The number of aromatic nitrogens is 2. The van der Waals surface area contributed by atoms with Gasteiger partial charge in [-0.05, 0) is 62.8 Å². The number of ether oxygens (including phenoxy) is 1. The maximum absolute atomic E-state index is 12.9. The lowest BCUT2D eigenvalue weighted by molar-refractivity contribution is -0.495. The average Bonchev–Trinajstić information content (AvgIpc) is 2.61. The van der Waals surface area contributed by atoms with Crippen LogP contribution in [0.3, 0.4) is 0 Å². The molecule has 25 heavy (non-hydrogen) atoms.